The van der Waals surface area contributed by atoms with E-state index in [4.69, 9.17) is 4.74 Å². The first-order valence-corrected chi connectivity index (χ1v) is 9.58. The zero-order chi connectivity index (χ0) is 17.5. The number of carbonyl (C=O) groups is 1. The second-order valence-corrected chi connectivity index (χ2v) is 7.30. The van der Waals surface area contributed by atoms with Gasteiger partial charge >= 0.3 is 0 Å². The van der Waals surface area contributed by atoms with Crippen LogP contribution < -0.4 is 5.32 Å². The maximum absolute atomic E-state index is 12.6. The number of benzene rings is 1. The highest BCUT2D eigenvalue weighted by molar-refractivity contribution is 5.79. The van der Waals surface area contributed by atoms with Crippen molar-refractivity contribution in [3.8, 4) is 0 Å². The normalized spacial score (nSPS) is 24.0. The number of morpholine rings is 1. The number of hydrogen-bond acceptors (Lipinski definition) is 4. The van der Waals surface area contributed by atoms with Gasteiger partial charge in [0.1, 0.15) is 0 Å². The van der Waals surface area contributed by atoms with E-state index >= 15 is 0 Å². The maximum atomic E-state index is 12.6. The minimum absolute atomic E-state index is 0.120. The molecule has 2 saturated heterocycles. The number of nitrogens with zero attached hydrogens (tertiary/aromatic N) is 2. The average Bonchev–Trinajstić information content (AvgIpc) is 2.67. The number of likely N-dealkylation sites (tertiary alicyclic amines) is 1. The Morgan fingerprint density at radius 1 is 1.24 bits per heavy atom. The van der Waals surface area contributed by atoms with Crippen molar-refractivity contribution in [1.29, 1.82) is 0 Å². The molecule has 2 aliphatic heterocycles. The Kier molecular flexibility index (Phi) is 6.84. The summed E-state index contributed by atoms with van der Waals surface area (Å²) < 4.78 is 5.40. The second kappa shape index (κ2) is 9.32. The topological polar surface area (TPSA) is 44.8 Å². The standard InChI is InChI=1S/C20H31N3O2/c1-17(23-10-12-25-13-11-23)14-21-20(24)19-8-5-9-22(16-19)15-18-6-3-2-4-7-18/h2-4,6-7,17,19H,5,8-16H2,1H3,(H,21,24). The van der Waals surface area contributed by atoms with Gasteiger partial charge in [-0.1, -0.05) is 30.3 Å². The van der Waals surface area contributed by atoms with E-state index in [1.165, 1.54) is 5.56 Å². The van der Waals surface area contributed by atoms with Crippen LogP contribution in [-0.4, -0.2) is 67.7 Å². The molecule has 3 rings (SSSR count). The van der Waals surface area contributed by atoms with Crippen LogP contribution in [0.2, 0.25) is 0 Å². The van der Waals surface area contributed by atoms with Crippen LogP contribution in [0.5, 0.6) is 0 Å². The molecule has 1 aromatic rings. The third-order valence-electron chi connectivity index (χ3n) is 5.37. The van der Waals surface area contributed by atoms with Gasteiger partial charge in [0.05, 0.1) is 19.1 Å². The van der Waals surface area contributed by atoms with Crippen molar-refractivity contribution in [2.45, 2.75) is 32.4 Å². The number of ether oxygens (including phenoxy) is 1. The van der Waals surface area contributed by atoms with E-state index in [-0.39, 0.29) is 11.8 Å². The summed E-state index contributed by atoms with van der Waals surface area (Å²) in [5.74, 6) is 0.340. The molecule has 1 N–H and O–H groups in total. The Labute approximate surface area is 151 Å². The molecule has 25 heavy (non-hydrogen) atoms. The molecule has 0 radical (unpaired) electrons. The second-order valence-electron chi connectivity index (χ2n) is 7.30. The minimum atomic E-state index is 0.120. The van der Waals surface area contributed by atoms with Crippen molar-refractivity contribution in [2.75, 3.05) is 45.9 Å². The highest BCUT2D eigenvalue weighted by Crippen LogP contribution is 2.19. The third kappa shape index (κ3) is 5.53. The fourth-order valence-corrected chi connectivity index (χ4v) is 3.79. The van der Waals surface area contributed by atoms with Gasteiger partial charge in [-0.3, -0.25) is 14.6 Å². The highest BCUT2D eigenvalue weighted by atomic mass is 16.5. The van der Waals surface area contributed by atoms with Crippen LogP contribution in [0.3, 0.4) is 0 Å². The van der Waals surface area contributed by atoms with Gasteiger partial charge in [0.2, 0.25) is 5.91 Å². The molecule has 0 aliphatic carbocycles. The van der Waals surface area contributed by atoms with E-state index in [1.54, 1.807) is 0 Å². The largest absolute Gasteiger partial charge is 0.379 e. The molecule has 0 spiro atoms. The fraction of sp³-hybridized carbons (Fsp3) is 0.650. The summed E-state index contributed by atoms with van der Waals surface area (Å²) >= 11 is 0. The molecule has 2 unspecified atom stereocenters. The van der Waals surface area contributed by atoms with Gasteiger partial charge in [-0.05, 0) is 31.9 Å². The predicted molar refractivity (Wildman–Crippen MR) is 99.3 cm³/mol. The minimum Gasteiger partial charge on any atom is -0.379 e. The van der Waals surface area contributed by atoms with E-state index < -0.39 is 0 Å². The van der Waals surface area contributed by atoms with E-state index in [2.05, 4.69) is 46.3 Å². The van der Waals surface area contributed by atoms with E-state index in [9.17, 15) is 4.79 Å². The monoisotopic (exact) mass is 345 g/mol. The fourth-order valence-electron chi connectivity index (χ4n) is 3.79. The smallest absolute Gasteiger partial charge is 0.224 e. The molecule has 2 heterocycles. The van der Waals surface area contributed by atoms with Gasteiger partial charge in [0, 0.05) is 38.8 Å². The Hall–Kier alpha value is -1.43. The summed E-state index contributed by atoms with van der Waals surface area (Å²) in [5.41, 5.74) is 1.32. The van der Waals surface area contributed by atoms with Crippen LogP contribution in [-0.2, 0) is 16.1 Å². The summed E-state index contributed by atoms with van der Waals surface area (Å²) in [6, 6.07) is 10.9. The van der Waals surface area contributed by atoms with Crippen LogP contribution in [0.15, 0.2) is 30.3 Å². The SMILES string of the molecule is CC(CNC(=O)C1CCCN(Cc2ccccc2)C1)N1CCOCC1. The number of carbonyl (C=O) groups excluding carboxylic acids is 1. The summed E-state index contributed by atoms with van der Waals surface area (Å²) in [5, 5.41) is 3.19. The number of amides is 1. The Balaban J connectivity index is 1.43. The van der Waals surface area contributed by atoms with Gasteiger partial charge in [-0.2, -0.15) is 0 Å². The summed E-state index contributed by atoms with van der Waals surface area (Å²) in [7, 11) is 0. The lowest BCUT2D eigenvalue weighted by Crippen LogP contribution is -2.49. The zero-order valence-electron chi connectivity index (χ0n) is 15.3. The quantitative estimate of drug-likeness (QED) is 0.853. The summed E-state index contributed by atoms with van der Waals surface area (Å²) in [6.07, 6.45) is 2.10. The van der Waals surface area contributed by atoms with Gasteiger partial charge in [-0.25, -0.2) is 0 Å². The maximum Gasteiger partial charge on any atom is 0.224 e. The molecule has 138 valence electrons. The molecule has 0 bridgehead atoms. The molecule has 0 saturated carbocycles. The van der Waals surface area contributed by atoms with Crippen LogP contribution in [0.1, 0.15) is 25.3 Å². The lowest BCUT2D eigenvalue weighted by atomic mass is 9.96. The lowest BCUT2D eigenvalue weighted by Gasteiger charge is -2.34. The molecule has 5 heteroatoms. The molecule has 1 aromatic carbocycles. The van der Waals surface area contributed by atoms with Crippen molar-refractivity contribution in [1.82, 2.24) is 15.1 Å². The third-order valence-corrected chi connectivity index (χ3v) is 5.37. The van der Waals surface area contributed by atoms with E-state index in [1.807, 2.05) is 6.07 Å². The molecular weight excluding hydrogens is 314 g/mol. The zero-order valence-corrected chi connectivity index (χ0v) is 15.3. The number of nitrogens with one attached hydrogen (secondary N) is 1. The van der Waals surface area contributed by atoms with Crippen LogP contribution in [0.4, 0.5) is 0 Å². The Morgan fingerprint density at radius 3 is 2.76 bits per heavy atom. The summed E-state index contributed by atoms with van der Waals surface area (Å²) in [4.78, 5) is 17.4. The molecule has 5 nitrogen and oxygen atoms in total. The Bertz CT molecular complexity index is 531. The highest BCUT2D eigenvalue weighted by Gasteiger charge is 2.26. The number of piperidine rings is 1. The van der Waals surface area contributed by atoms with Gasteiger partial charge in [0.25, 0.3) is 0 Å². The van der Waals surface area contributed by atoms with E-state index in [0.717, 1.165) is 65.3 Å². The Morgan fingerprint density at radius 2 is 2.00 bits per heavy atom. The predicted octanol–water partition coefficient (Wildman–Crippen LogP) is 1.74. The molecule has 2 aliphatic rings. The first-order chi connectivity index (χ1) is 12.2. The first kappa shape index (κ1) is 18.4. The molecular formula is C20H31N3O2. The van der Waals surface area contributed by atoms with Crippen LogP contribution in [0, 0.1) is 5.92 Å². The van der Waals surface area contributed by atoms with Crippen LogP contribution >= 0.6 is 0 Å². The van der Waals surface area contributed by atoms with Gasteiger partial charge in [0.15, 0.2) is 0 Å². The first-order valence-electron chi connectivity index (χ1n) is 9.58. The van der Waals surface area contributed by atoms with Gasteiger partial charge in [-0.15, -0.1) is 0 Å². The van der Waals surface area contributed by atoms with Crippen molar-refractivity contribution >= 4 is 5.91 Å². The molecule has 1 amide bonds. The van der Waals surface area contributed by atoms with Crippen molar-refractivity contribution in [2.24, 2.45) is 5.92 Å². The summed E-state index contributed by atoms with van der Waals surface area (Å²) in [6.45, 7) is 9.34. The van der Waals surface area contributed by atoms with E-state index in [0.29, 0.717) is 6.04 Å². The van der Waals surface area contributed by atoms with Crippen LogP contribution in [0.25, 0.3) is 0 Å². The number of hydrogen-bond donors (Lipinski definition) is 1. The molecule has 2 atom stereocenters. The molecule has 0 aromatic heterocycles. The van der Waals surface area contributed by atoms with Crippen molar-refractivity contribution in [3.05, 3.63) is 35.9 Å². The van der Waals surface area contributed by atoms with Gasteiger partial charge < -0.3 is 10.1 Å². The lowest BCUT2D eigenvalue weighted by molar-refractivity contribution is -0.127. The van der Waals surface area contributed by atoms with Crippen molar-refractivity contribution in [3.63, 3.8) is 0 Å². The van der Waals surface area contributed by atoms with Crippen molar-refractivity contribution < 1.29 is 9.53 Å². The average molecular weight is 345 g/mol. The number of rotatable bonds is 6. The molecule has 2 fully saturated rings.